The van der Waals surface area contributed by atoms with Crippen molar-refractivity contribution in [1.82, 2.24) is 9.55 Å². The van der Waals surface area contributed by atoms with Crippen molar-refractivity contribution in [3.05, 3.63) is 80.3 Å². The van der Waals surface area contributed by atoms with Crippen LogP contribution in [-0.4, -0.2) is 20.4 Å². The fourth-order valence-electron chi connectivity index (χ4n) is 3.06. The smallest absolute Gasteiger partial charge is 0.329 e. The first-order valence-electron chi connectivity index (χ1n) is 8.16. The van der Waals surface area contributed by atoms with Gasteiger partial charge in [0.2, 0.25) is 5.88 Å². The number of hydrogen-bond acceptors (Lipinski definition) is 3. The number of hydrogen-bond donors (Lipinski definition) is 2. The molecule has 3 aromatic rings. The molecule has 0 spiro atoms. The van der Waals surface area contributed by atoms with E-state index in [0.717, 1.165) is 32.6 Å². The summed E-state index contributed by atoms with van der Waals surface area (Å²) in [7, 11) is 0. The topological polar surface area (TPSA) is 70.4 Å². The highest BCUT2D eigenvalue weighted by Crippen LogP contribution is 2.36. The van der Waals surface area contributed by atoms with Crippen molar-refractivity contribution in [2.45, 2.75) is 13.5 Å². The lowest BCUT2D eigenvalue weighted by Gasteiger charge is -2.04. The molecule has 0 saturated carbocycles. The van der Waals surface area contributed by atoms with Crippen LogP contribution in [0, 0.1) is 0 Å². The zero-order valence-electron chi connectivity index (χ0n) is 14.0. The molecule has 0 atom stereocenters. The molecule has 2 N–H and O–H groups in total. The van der Waals surface area contributed by atoms with Gasteiger partial charge in [-0.25, -0.2) is 4.79 Å². The maximum Gasteiger partial charge on any atom is 0.329 e. The van der Waals surface area contributed by atoms with Gasteiger partial charge in [0.15, 0.2) is 0 Å². The highest BCUT2D eigenvalue weighted by molar-refractivity contribution is 9.10. The summed E-state index contributed by atoms with van der Waals surface area (Å²) in [6, 6.07) is 15.4. The van der Waals surface area contributed by atoms with Crippen molar-refractivity contribution < 1.29 is 5.11 Å². The fourth-order valence-corrected chi connectivity index (χ4v) is 3.33. The standard InChI is InChI=1S/C20H16BrN3O2/c1-12-16(15-4-2-3-5-17(15)22-12)10-18-19(25)24(20(26)23-18)11-13-6-8-14(21)9-7-13/h2-10,25H,11H2,1H3,(H,23,26). The van der Waals surface area contributed by atoms with Gasteiger partial charge in [-0.15, -0.1) is 0 Å². The van der Waals surface area contributed by atoms with Gasteiger partial charge in [0.05, 0.1) is 12.2 Å². The highest BCUT2D eigenvalue weighted by atomic mass is 79.9. The molecule has 0 fully saturated rings. The second kappa shape index (κ2) is 6.46. The summed E-state index contributed by atoms with van der Waals surface area (Å²) < 4.78 is 2.29. The maximum atomic E-state index is 12.3. The van der Waals surface area contributed by atoms with Crippen LogP contribution in [0.4, 0.5) is 5.69 Å². The Morgan fingerprint density at radius 2 is 1.92 bits per heavy atom. The van der Waals surface area contributed by atoms with E-state index >= 15 is 0 Å². The van der Waals surface area contributed by atoms with E-state index in [4.69, 9.17) is 0 Å². The summed E-state index contributed by atoms with van der Waals surface area (Å²) in [5.74, 6) is -0.0809. The quantitative estimate of drug-likeness (QED) is 0.675. The minimum Gasteiger partial charge on any atom is -0.493 e. The van der Waals surface area contributed by atoms with Crippen LogP contribution < -0.4 is 5.69 Å². The molecule has 2 aromatic carbocycles. The molecule has 0 saturated heterocycles. The molecule has 1 aromatic heterocycles. The van der Waals surface area contributed by atoms with Crippen molar-refractivity contribution in [1.29, 1.82) is 0 Å². The predicted molar refractivity (Wildman–Crippen MR) is 107 cm³/mol. The van der Waals surface area contributed by atoms with E-state index in [0.29, 0.717) is 12.2 Å². The first-order valence-corrected chi connectivity index (χ1v) is 8.95. The number of aromatic hydroxyl groups is 1. The number of aromatic amines is 1. The molecule has 0 amide bonds. The van der Waals surface area contributed by atoms with Crippen molar-refractivity contribution >= 4 is 39.0 Å². The van der Waals surface area contributed by atoms with E-state index < -0.39 is 0 Å². The van der Waals surface area contributed by atoms with E-state index in [-0.39, 0.29) is 11.6 Å². The van der Waals surface area contributed by atoms with Gasteiger partial charge in [-0.3, -0.25) is 9.56 Å². The lowest BCUT2D eigenvalue weighted by atomic mass is 10.0. The van der Waals surface area contributed by atoms with Crippen molar-refractivity contribution in [3.63, 3.8) is 0 Å². The van der Waals surface area contributed by atoms with Crippen LogP contribution in [-0.2, 0) is 6.54 Å². The summed E-state index contributed by atoms with van der Waals surface area (Å²) in [5.41, 5.74) is 4.60. The molecule has 26 heavy (non-hydrogen) atoms. The van der Waals surface area contributed by atoms with Crippen LogP contribution in [0.15, 0.2) is 62.8 Å². The second-order valence-corrected chi connectivity index (χ2v) is 7.07. The number of imidazole rings is 1. The molecular formula is C20H16BrN3O2. The Morgan fingerprint density at radius 3 is 2.69 bits per heavy atom. The summed E-state index contributed by atoms with van der Waals surface area (Å²) in [6.45, 7) is 2.21. The first-order chi connectivity index (χ1) is 12.5. The minimum atomic E-state index is -0.349. The van der Waals surface area contributed by atoms with Gasteiger partial charge >= 0.3 is 5.69 Å². The van der Waals surface area contributed by atoms with E-state index in [9.17, 15) is 9.90 Å². The van der Waals surface area contributed by atoms with E-state index in [1.807, 2.05) is 55.5 Å². The zero-order valence-corrected chi connectivity index (χ0v) is 15.6. The Kier molecular flexibility index (Phi) is 4.12. The van der Waals surface area contributed by atoms with Gasteiger partial charge in [-0.05, 0) is 36.8 Å². The van der Waals surface area contributed by atoms with E-state index in [1.54, 1.807) is 6.08 Å². The third kappa shape index (κ3) is 2.93. The molecule has 5 nitrogen and oxygen atoms in total. The molecule has 0 radical (unpaired) electrons. The Balaban J connectivity index is 1.72. The molecule has 6 heteroatoms. The van der Waals surface area contributed by atoms with Crippen molar-refractivity contribution in [2.24, 2.45) is 4.99 Å². The predicted octanol–water partition coefficient (Wildman–Crippen LogP) is 4.34. The van der Waals surface area contributed by atoms with Crippen molar-refractivity contribution in [3.8, 4) is 5.88 Å². The van der Waals surface area contributed by atoms with Crippen LogP contribution in [0.3, 0.4) is 0 Å². The van der Waals surface area contributed by atoms with Crippen LogP contribution in [0.25, 0.3) is 11.6 Å². The number of benzene rings is 2. The lowest BCUT2D eigenvalue weighted by Crippen LogP contribution is -2.17. The van der Waals surface area contributed by atoms with Gasteiger partial charge in [0.1, 0.15) is 5.69 Å². The summed E-state index contributed by atoms with van der Waals surface area (Å²) in [6.07, 6.45) is 1.78. The Hall–Kier alpha value is -2.86. The molecule has 0 aliphatic carbocycles. The third-order valence-electron chi connectivity index (χ3n) is 4.40. The molecule has 1 aliphatic heterocycles. The second-order valence-electron chi connectivity index (χ2n) is 6.15. The number of halogens is 1. The maximum absolute atomic E-state index is 12.3. The molecular weight excluding hydrogens is 394 g/mol. The van der Waals surface area contributed by atoms with Crippen LogP contribution >= 0.6 is 15.9 Å². The number of H-pyrrole nitrogens is 1. The average molecular weight is 410 g/mol. The third-order valence-corrected chi connectivity index (χ3v) is 4.93. The number of aromatic nitrogens is 2. The minimum absolute atomic E-state index is 0.0809. The van der Waals surface area contributed by atoms with Gasteiger partial charge in [-0.1, -0.05) is 46.3 Å². The van der Waals surface area contributed by atoms with Gasteiger partial charge in [0.25, 0.3) is 0 Å². The van der Waals surface area contributed by atoms with E-state index in [1.165, 1.54) is 4.57 Å². The number of rotatable bonds is 3. The lowest BCUT2D eigenvalue weighted by molar-refractivity contribution is 0.420. The number of para-hydroxylation sites is 1. The van der Waals surface area contributed by atoms with Crippen molar-refractivity contribution in [2.75, 3.05) is 0 Å². The van der Waals surface area contributed by atoms with Crippen LogP contribution in [0.2, 0.25) is 0 Å². The summed E-state index contributed by atoms with van der Waals surface area (Å²) in [4.78, 5) is 19.6. The number of nitrogens with zero attached hydrogens (tertiary/aromatic N) is 2. The molecule has 0 unspecified atom stereocenters. The van der Waals surface area contributed by atoms with E-state index in [2.05, 4.69) is 25.9 Å². The zero-order chi connectivity index (χ0) is 18.3. The summed E-state index contributed by atoms with van der Waals surface area (Å²) in [5, 5.41) is 10.6. The normalized spacial score (nSPS) is 14.5. The molecule has 130 valence electrons. The first kappa shape index (κ1) is 16.6. The molecule has 0 bridgehead atoms. The molecule has 2 heterocycles. The number of aliphatic imine (C=N–C) groups is 1. The Labute approximate surface area is 158 Å². The number of nitrogens with one attached hydrogen (secondary N) is 1. The monoisotopic (exact) mass is 409 g/mol. The SMILES string of the molecule is CC1=Nc2ccccc2C1=Cc1[nH]c(=O)n(Cc2ccc(Br)cc2)c1O. The number of fused-ring (bicyclic) bond motifs is 1. The van der Waals surface area contributed by atoms with Gasteiger partial charge in [-0.2, -0.15) is 0 Å². The molecule has 1 aliphatic rings. The van der Waals surface area contributed by atoms with Crippen LogP contribution in [0.5, 0.6) is 5.88 Å². The van der Waals surface area contributed by atoms with Crippen LogP contribution in [0.1, 0.15) is 23.7 Å². The number of allylic oxidation sites excluding steroid dienone is 1. The Bertz CT molecular complexity index is 1100. The highest BCUT2D eigenvalue weighted by Gasteiger charge is 2.19. The van der Waals surface area contributed by atoms with Gasteiger partial charge in [0, 0.05) is 21.3 Å². The fraction of sp³-hybridized carbons (Fsp3) is 0.100. The average Bonchev–Trinajstić information content (AvgIpc) is 3.08. The Morgan fingerprint density at radius 1 is 1.19 bits per heavy atom. The van der Waals surface area contributed by atoms with Gasteiger partial charge < -0.3 is 10.1 Å². The largest absolute Gasteiger partial charge is 0.493 e. The summed E-state index contributed by atoms with van der Waals surface area (Å²) >= 11 is 3.39. The molecule has 4 rings (SSSR count).